The first-order valence-corrected chi connectivity index (χ1v) is 5.79. The summed E-state index contributed by atoms with van der Waals surface area (Å²) in [6, 6.07) is 18.3. The van der Waals surface area contributed by atoms with Crippen molar-refractivity contribution in [1.29, 1.82) is 0 Å². The number of pyridine rings is 1. The Hall–Kier alpha value is -2.39. The summed E-state index contributed by atoms with van der Waals surface area (Å²) in [6.45, 7) is 0. The van der Waals surface area contributed by atoms with Gasteiger partial charge in [-0.15, -0.1) is 0 Å². The third-order valence-corrected chi connectivity index (χ3v) is 3.00. The fourth-order valence-electron chi connectivity index (χ4n) is 2.08. The van der Waals surface area contributed by atoms with Gasteiger partial charge in [0.15, 0.2) is 0 Å². The van der Waals surface area contributed by atoms with Gasteiger partial charge in [0.25, 0.3) is 0 Å². The largest absolute Gasteiger partial charge is 0.323 e. The Morgan fingerprint density at radius 1 is 0.889 bits per heavy atom. The number of benzene rings is 2. The lowest BCUT2D eigenvalue weighted by molar-refractivity contribution is 1.33. The van der Waals surface area contributed by atoms with Crippen LogP contribution >= 0.6 is 0 Å². The van der Waals surface area contributed by atoms with Gasteiger partial charge in [0.1, 0.15) is 0 Å². The van der Waals surface area contributed by atoms with Crippen LogP contribution < -0.4 is 11.3 Å². The fraction of sp³-hybridized carbons (Fsp3) is 0. The van der Waals surface area contributed by atoms with Crippen molar-refractivity contribution in [3.8, 4) is 11.1 Å². The normalized spacial score (nSPS) is 10.5. The number of hydrogen-bond acceptors (Lipinski definition) is 3. The topological polar surface area (TPSA) is 50.9 Å². The molecular formula is C15H13N3. The molecule has 3 heteroatoms. The third-order valence-electron chi connectivity index (χ3n) is 3.00. The van der Waals surface area contributed by atoms with E-state index >= 15 is 0 Å². The minimum atomic E-state index is 0.887. The molecule has 3 rings (SSSR count). The van der Waals surface area contributed by atoms with Crippen molar-refractivity contribution in [2.24, 2.45) is 5.84 Å². The highest BCUT2D eigenvalue weighted by Gasteiger charge is 2.03. The molecule has 18 heavy (non-hydrogen) atoms. The molecule has 0 atom stereocenters. The molecule has 3 aromatic rings. The average Bonchev–Trinajstić information content (AvgIpc) is 2.47. The number of nitrogens with one attached hydrogen (secondary N) is 1. The number of anilines is 1. The lowest BCUT2D eigenvalue weighted by atomic mass is 10.0. The molecule has 0 radical (unpaired) electrons. The SMILES string of the molecule is NNc1ccnc2ccc(-c3ccccc3)cc12. The zero-order chi connectivity index (χ0) is 12.4. The quantitative estimate of drug-likeness (QED) is 0.530. The van der Waals surface area contributed by atoms with Gasteiger partial charge in [-0.05, 0) is 29.3 Å². The molecule has 3 nitrogen and oxygen atoms in total. The van der Waals surface area contributed by atoms with Gasteiger partial charge < -0.3 is 5.43 Å². The molecule has 1 aromatic heterocycles. The molecule has 0 unspecified atom stereocenters. The van der Waals surface area contributed by atoms with E-state index in [1.54, 1.807) is 6.20 Å². The van der Waals surface area contributed by atoms with Crippen LogP contribution in [0.4, 0.5) is 5.69 Å². The second kappa shape index (κ2) is 4.47. The summed E-state index contributed by atoms with van der Waals surface area (Å²) in [6.07, 6.45) is 1.75. The van der Waals surface area contributed by atoms with E-state index in [4.69, 9.17) is 5.84 Å². The summed E-state index contributed by atoms with van der Waals surface area (Å²) in [5.41, 5.74) is 6.88. The summed E-state index contributed by atoms with van der Waals surface area (Å²) < 4.78 is 0. The third kappa shape index (κ3) is 1.81. The highest BCUT2D eigenvalue weighted by molar-refractivity contribution is 5.94. The first kappa shape index (κ1) is 10.7. The van der Waals surface area contributed by atoms with E-state index in [9.17, 15) is 0 Å². The molecule has 88 valence electrons. The van der Waals surface area contributed by atoms with E-state index in [0.717, 1.165) is 22.2 Å². The monoisotopic (exact) mass is 235 g/mol. The van der Waals surface area contributed by atoms with E-state index in [1.165, 1.54) is 5.56 Å². The van der Waals surface area contributed by atoms with Crippen LogP contribution in [-0.4, -0.2) is 4.98 Å². The average molecular weight is 235 g/mol. The molecule has 2 aromatic carbocycles. The minimum Gasteiger partial charge on any atom is -0.323 e. The van der Waals surface area contributed by atoms with Crippen LogP contribution in [0.25, 0.3) is 22.0 Å². The maximum Gasteiger partial charge on any atom is 0.0723 e. The minimum absolute atomic E-state index is 0.887. The number of nitrogens with zero attached hydrogens (tertiary/aromatic N) is 1. The van der Waals surface area contributed by atoms with E-state index in [0.29, 0.717) is 0 Å². The number of fused-ring (bicyclic) bond motifs is 1. The Balaban J connectivity index is 2.22. The Morgan fingerprint density at radius 2 is 1.72 bits per heavy atom. The maximum atomic E-state index is 5.53. The van der Waals surface area contributed by atoms with Crippen LogP contribution in [0.5, 0.6) is 0 Å². The lowest BCUT2D eigenvalue weighted by Gasteiger charge is -2.07. The van der Waals surface area contributed by atoms with Crippen LogP contribution in [0.2, 0.25) is 0 Å². The van der Waals surface area contributed by atoms with Gasteiger partial charge in [-0.1, -0.05) is 36.4 Å². The number of nitrogen functional groups attached to an aromatic ring is 1. The molecule has 0 bridgehead atoms. The Morgan fingerprint density at radius 3 is 2.50 bits per heavy atom. The highest BCUT2D eigenvalue weighted by Crippen LogP contribution is 2.27. The Labute approximate surface area is 105 Å². The van der Waals surface area contributed by atoms with E-state index in [-0.39, 0.29) is 0 Å². The standard InChI is InChI=1S/C15H13N3/c16-18-15-8-9-17-14-7-6-12(10-13(14)15)11-4-2-1-3-5-11/h1-10H,16H2,(H,17,18). The first-order valence-electron chi connectivity index (χ1n) is 5.79. The van der Waals surface area contributed by atoms with Gasteiger partial charge in [-0.2, -0.15) is 0 Å². The predicted molar refractivity (Wildman–Crippen MR) is 75.0 cm³/mol. The summed E-state index contributed by atoms with van der Waals surface area (Å²) in [7, 11) is 0. The van der Waals surface area contributed by atoms with Gasteiger partial charge in [0.05, 0.1) is 11.2 Å². The highest BCUT2D eigenvalue weighted by atomic mass is 15.2. The van der Waals surface area contributed by atoms with Gasteiger partial charge in [-0.3, -0.25) is 10.8 Å². The van der Waals surface area contributed by atoms with Gasteiger partial charge >= 0.3 is 0 Å². The second-order valence-electron chi connectivity index (χ2n) is 4.10. The van der Waals surface area contributed by atoms with Gasteiger partial charge in [0, 0.05) is 11.6 Å². The molecule has 1 heterocycles. The number of hydrogen-bond donors (Lipinski definition) is 2. The van der Waals surface area contributed by atoms with Crippen LogP contribution in [0, 0.1) is 0 Å². The molecule has 0 aliphatic carbocycles. The summed E-state index contributed by atoms with van der Waals surface area (Å²) >= 11 is 0. The van der Waals surface area contributed by atoms with E-state index in [2.05, 4.69) is 34.7 Å². The molecular weight excluding hydrogens is 222 g/mol. The fourth-order valence-corrected chi connectivity index (χ4v) is 2.08. The van der Waals surface area contributed by atoms with Crippen LogP contribution in [-0.2, 0) is 0 Å². The molecule has 0 spiro atoms. The molecule has 0 fully saturated rings. The van der Waals surface area contributed by atoms with Crippen molar-refractivity contribution in [1.82, 2.24) is 4.98 Å². The summed E-state index contributed by atoms with van der Waals surface area (Å²) in [4.78, 5) is 4.33. The molecule has 3 N–H and O–H groups in total. The van der Waals surface area contributed by atoms with Crippen LogP contribution in [0.1, 0.15) is 0 Å². The van der Waals surface area contributed by atoms with E-state index in [1.807, 2.05) is 30.3 Å². The van der Waals surface area contributed by atoms with Crippen molar-refractivity contribution >= 4 is 16.6 Å². The van der Waals surface area contributed by atoms with Crippen molar-refractivity contribution in [2.75, 3.05) is 5.43 Å². The zero-order valence-electron chi connectivity index (χ0n) is 9.80. The van der Waals surface area contributed by atoms with Crippen molar-refractivity contribution < 1.29 is 0 Å². The van der Waals surface area contributed by atoms with Crippen molar-refractivity contribution in [3.63, 3.8) is 0 Å². The number of hydrazine groups is 1. The van der Waals surface area contributed by atoms with Gasteiger partial charge in [0.2, 0.25) is 0 Å². The smallest absolute Gasteiger partial charge is 0.0723 e. The number of rotatable bonds is 2. The maximum absolute atomic E-state index is 5.53. The Bertz CT molecular complexity index is 678. The molecule has 0 amide bonds. The molecule has 0 aliphatic heterocycles. The predicted octanol–water partition coefficient (Wildman–Crippen LogP) is 3.19. The van der Waals surface area contributed by atoms with Crippen molar-refractivity contribution in [2.45, 2.75) is 0 Å². The Kier molecular flexibility index (Phi) is 2.67. The zero-order valence-corrected chi connectivity index (χ0v) is 9.80. The molecule has 0 aliphatic rings. The van der Waals surface area contributed by atoms with Crippen LogP contribution in [0.15, 0.2) is 60.8 Å². The molecule has 0 saturated heterocycles. The summed E-state index contributed by atoms with van der Waals surface area (Å²) in [5.74, 6) is 5.53. The van der Waals surface area contributed by atoms with Crippen LogP contribution in [0.3, 0.4) is 0 Å². The van der Waals surface area contributed by atoms with Gasteiger partial charge in [-0.25, -0.2) is 0 Å². The molecule has 0 saturated carbocycles. The van der Waals surface area contributed by atoms with Crippen molar-refractivity contribution in [3.05, 3.63) is 60.8 Å². The lowest BCUT2D eigenvalue weighted by Crippen LogP contribution is -2.07. The van der Waals surface area contributed by atoms with E-state index < -0.39 is 0 Å². The number of nitrogens with two attached hydrogens (primary N) is 1. The first-order chi connectivity index (χ1) is 8.88. The summed E-state index contributed by atoms with van der Waals surface area (Å²) in [5, 5.41) is 1.03. The second-order valence-corrected chi connectivity index (χ2v) is 4.10. The number of aromatic nitrogens is 1.